The molecule has 0 saturated carbocycles. The number of unbranched alkanes of at least 4 members (excludes halogenated alkanes) is 1. The number of aromatic nitrogens is 2. The van der Waals surface area contributed by atoms with Crippen LogP contribution in [0.25, 0.3) is 0 Å². The summed E-state index contributed by atoms with van der Waals surface area (Å²) in [4.78, 5) is 8.23. The Hall–Kier alpha value is -2.30. The maximum atomic E-state index is 5.84. The SMILES string of the molecule is CCCCNc1nc(N)ncc1OCCc1ccccc1C. The lowest BCUT2D eigenvalue weighted by atomic mass is 10.1. The number of nitrogens with two attached hydrogens (primary N) is 1. The van der Waals surface area contributed by atoms with E-state index in [4.69, 9.17) is 10.5 Å². The van der Waals surface area contributed by atoms with Crippen molar-refractivity contribution in [2.75, 3.05) is 24.2 Å². The molecule has 0 aliphatic rings. The number of rotatable bonds is 8. The van der Waals surface area contributed by atoms with Crippen molar-refractivity contribution in [2.45, 2.75) is 33.1 Å². The van der Waals surface area contributed by atoms with Crippen LogP contribution in [0.1, 0.15) is 30.9 Å². The Morgan fingerprint density at radius 2 is 2.09 bits per heavy atom. The normalized spacial score (nSPS) is 10.5. The molecule has 5 nitrogen and oxygen atoms in total. The molecular formula is C17H24N4O. The lowest BCUT2D eigenvalue weighted by Crippen LogP contribution is -2.10. The highest BCUT2D eigenvalue weighted by Crippen LogP contribution is 2.22. The zero-order valence-corrected chi connectivity index (χ0v) is 13.3. The van der Waals surface area contributed by atoms with Gasteiger partial charge >= 0.3 is 0 Å². The van der Waals surface area contributed by atoms with E-state index < -0.39 is 0 Å². The van der Waals surface area contributed by atoms with Gasteiger partial charge in [0.05, 0.1) is 12.8 Å². The van der Waals surface area contributed by atoms with Gasteiger partial charge in [-0.25, -0.2) is 4.98 Å². The first-order valence-corrected chi connectivity index (χ1v) is 7.74. The minimum Gasteiger partial charge on any atom is -0.488 e. The van der Waals surface area contributed by atoms with E-state index in [1.807, 2.05) is 12.1 Å². The molecule has 0 radical (unpaired) electrons. The van der Waals surface area contributed by atoms with Crippen molar-refractivity contribution < 1.29 is 4.74 Å². The van der Waals surface area contributed by atoms with Gasteiger partial charge in [-0.1, -0.05) is 37.6 Å². The van der Waals surface area contributed by atoms with E-state index in [-0.39, 0.29) is 5.95 Å². The van der Waals surface area contributed by atoms with E-state index >= 15 is 0 Å². The molecule has 0 bridgehead atoms. The van der Waals surface area contributed by atoms with Crippen LogP contribution in [0.5, 0.6) is 5.75 Å². The Balaban J connectivity index is 1.95. The third kappa shape index (κ3) is 4.62. The summed E-state index contributed by atoms with van der Waals surface area (Å²) in [5.41, 5.74) is 8.22. The quantitative estimate of drug-likeness (QED) is 0.732. The number of benzene rings is 1. The Kier molecular flexibility index (Phi) is 6.01. The minimum absolute atomic E-state index is 0.255. The first kappa shape index (κ1) is 16.1. The van der Waals surface area contributed by atoms with Gasteiger partial charge in [-0.2, -0.15) is 4.98 Å². The number of ether oxygens (including phenoxy) is 1. The summed E-state index contributed by atoms with van der Waals surface area (Å²) in [5, 5.41) is 3.26. The average molecular weight is 300 g/mol. The first-order chi connectivity index (χ1) is 10.7. The van der Waals surface area contributed by atoms with Gasteiger partial charge in [0.15, 0.2) is 11.6 Å². The van der Waals surface area contributed by atoms with Gasteiger partial charge in [0.2, 0.25) is 5.95 Å². The third-order valence-electron chi connectivity index (χ3n) is 3.49. The van der Waals surface area contributed by atoms with Crippen LogP contribution >= 0.6 is 0 Å². The number of nitrogens with one attached hydrogen (secondary N) is 1. The predicted octanol–water partition coefficient (Wildman–Crippen LogP) is 3.20. The number of nitrogens with zero attached hydrogens (tertiary/aromatic N) is 2. The fourth-order valence-corrected chi connectivity index (χ4v) is 2.16. The standard InChI is InChI=1S/C17H24N4O/c1-3-4-10-19-16-15(12-20-17(18)21-16)22-11-9-14-8-6-5-7-13(14)2/h5-8,12H,3-4,9-11H2,1-2H3,(H3,18,19,20,21). The molecule has 0 spiro atoms. The molecule has 0 unspecified atom stereocenters. The van der Waals surface area contributed by atoms with Gasteiger partial charge in [0.25, 0.3) is 0 Å². The smallest absolute Gasteiger partial charge is 0.222 e. The van der Waals surface area contributed by atoms with Crippen molar-refractivity contribution in [2.24, 2.45) is 0 Å². The zero-order valence-electron chi connectivity index (χ0n) is 13.3. The second-order valence-electron chi connectivity index (χ2n) is 5.25. The molecule has 5 heteroatoms. The molecule has 0 saturated heterocycles. The predicted molar refractivity (Wildman–Crippen MR) is 90.2 cm³/mol. The fourth-order valence-electron chi connectivity index (χ4n) is 2.16. The summed E-state index contributed by atoms with van der Waals surface area (Å²) in [6, 6.07) is 8.33. The summed E-state index contributed by atoms with van der Waals surface area (Å²) in [6.45, 7) is 5.69. The van der Waals surface area contributed by atoms with Crippen LogP contribution in [0, 0.1) is 6.92 Å². The lowest BCUT2D eigenvalue weighted by molar-refractivity contribution is 0.321. The maximum Gasteiger partial charge on any atom is 0.222 e. The van der Waals surface area contributed by atoms with E-state index in [2.05, 4.69) is 41.3 Å². The zero-order chi connectivity index (χ0) is 15.8. The van der Waals surface area contributed by atoms with Gasteiger partial charge in [-0.05, 0) is 24.5 Å². The highest BCUT2D eigenvalue weighted by atomic mass is 16.5. The molecule has 1 heterocycles. The summed E-state index contributed by atoms with van der Waals surface area (Å²) in [6.07, 6.45) is 4.68. The monoisotopic (exact) mass is 300 g/mol. The van der Waals surface area contributed by atoms with E-state index in [1.54, 1.807) is 6.20 Å². The number of hydrogen-bond donors (Lipinski definition) is 2. The van der Waals surface area contributed by atoms with Crippen molar-refractivity contribution in [1.29, 1.82) is 0 Å². The maximum absolute atomic E-state index is 5.84. The molecule has 1 aromatic heterocycles. The number of anilines is 2. The number of hydrogen-bond acceptors (Lipinski definition) is 5. The van der Waals surface area contributed by atoms with Crippen LogP contribution in [0.3, 0.4) is 0 Å². The Morgan fingerprint density at radius 3 is 2.86 bits per heavy atom. The molecular weight excluding hydrogens is 276 g/mol. The van der Waals surface area contributed by atoms with Gasteiger partial charge < -0.3 is 15.8 Å². The van der Waals surface area contributed by atoms with Crippen LogP contribution in [0.15, 0.2) is 30.5 Å². The number of aryl methyl sites for hydroxylation is 1. The lowest BCUT2D eigenvalue weighted by Gasteiger charge is -2.12. The summed E-state index contributed by atoms with van der Waals surface area (Å²) < 4.78 is 5.84. The molecule has 1 aromatic carbocycles. The molecule has 2 rings (SSSR count). The van der Waals surface area contributed by atoms with Crippen molar-refractivity contribution >= 4 is 11.8 Å². The van der Waals surface area contributed by atoms with Crippen LogP contribution in [0.4, 0.5) is 11.8 Å². The van der Waals surface area contributed by atoms with Crippen LogP contribution < -0.4 is 15.8 Å². The van der Waals surface area contributed by atoms with Crippen LogP contribution in [-0.4, -0.2) is 23.1 Å². The Bertz CT molecular complexity index is 601. The molecule has 3 N–H and O–H groups in total. The Labute approximate surface area is 131 Å². The molecule has 0 aliphatic heterocycles. The summed E-state index contributed by atoms with van der Waals surface area (Å²) in [7, 11) is 0. The molecule has 22 heavy (non-hydrogen) atoms. The van der Waals surface area contributed by atoms with Crippen molar-refractivity contribution in [1.82, 2.24) is 9.97 Å². The van der Waals surface area contributed by atoms with Crippen molar-refractivity contribution in [3.05, 3.63) is 41.6 Å². The molecule has 0 atom stereocenters. The highest BCUT2D eigenvalue weighted by Gasteiger charge is 2.07. The van der Waals surface area contributed by atoms with Gasteiger partial charge in [0.1, 0.15) is 0 Å². The second kappa shape index (κ2) is 8.22. The Morgan fingerprint density at radius 1 is 1.27 bits per heavy atom. The van der Waals surface area contributed by atoms with Crippen LogP contribution in [0.2, 0.25) is 0 Å². The number of nitrogen functional groups attached to an aromatic ring is 1. The van der Waals surface area contributed by atoms with E-state index in [9.17, 15) is 0 Å². The molecule has 0 fully saturated rings. The van der Waals surface area contributed by atoms with Crippen molar-refractivity contribution in [3.63, 3.8) is 0 Å². The molecule has 118 valence electrons. The topological polar surface area (TPSA) is 73.1 Å². The molecule has 2 aromatic rings. The third-order valence-corrected chi connectivity index (χ3v) is 3.49. The van der Waals surface area contributed by atoms with Gasteiger partial charge in [-0.3, -0.25) is 0 Å². The van der Waals surface area contributed by atoms with Gasteiger partial charge in [-0.15, -0.1) is 0 Å². The van der Waals surface area contributed by atoms with Crippen molar-refractivity contribution in [3.8, 4) is 5.75 Å². The fraction of sp³-hybridized carbons (Fsp3) is 0.412. The largest absolute Gasteiger partial charge is 0.488 e. The van der Waals surface area contributed by atoms with E-state index in [1.165, 1.54) is 11.1 Å². The molecule has 0 aliphatic carbocycles. The average Bonchev–Trinajstić information content (AvgIpc) is 2.51. The van der Waals surface area contributed by atoms with E-state index in [0.717, 1.165) is 25.8 Å². The van der Waals surface area contributed by atoms with E-state index in [0.29, 0.717) is 18.2 Å². The first-order valence-electron chi connectivity index (χ1n) is 7.74. The summed E-state index contributed by atoms with van der Waals surface area (Å²) in [5.74, 6) is 1.58. The second-order valence-corrected chi connectivity index (χ2v) is 5.25. The van der Waals surface area contributed by atoms with Crippen LogP contribution in [-0.2, 0) is 6.42 Å². The highest BCUT2D eigenvalue weighted by molar-refractivity contribution is 5.51. The van der Waals surface area contributed by atoms with Gasteiger partial charge in [0, 0.05) is 13.0 Å². The minimum atomic E-state index is 0.255. The molecule has 0 amide bonds. The summed E-state index contributed by atoms with van der Waals surface area (Å²) >= 11 is 0.